The summed E-state index contributed by atoms with van der Waals surface area (Å²) in [5.41, 5.74) is 4.12. The van der Waals surface area contributed by atoms with Crippen molar-refractivity contribution in [1.82, 2.24) is 15.2 Å². The molecule has 0 fully saturated rings. The first-order valence-corrected chi connectivity index (χ1v) is 9.60. The number of H-pyrrole nitrogens is 1. The molecule has 4 aromatic rings. The van der Waals surface area contributed by atoms with Crippen LogP contribution in [-0.2, 0) is 6.18 Å². The number of thiocarbonyl (C=S) groups is 1. The highest BCUT2D eigenvalue weighted by Crippen LogP contribution is 2.31. The summed E-state index contributed by atoms with van der Waals surface area (Å²) >= 11 is 5.30. The standard InChI is InChI=1S/C22H16F3N5S/c23-22(24,25)16-4-6-17(7-5-16)28-21(31)29-18-3-1-2-15(12-18)20-19(13-27-30-20)14-8-10-26-11-9-14/h1-13H,(H,27,30)(H2,28,29,31). The summed E-state index contributed by atoms with van der Waals surface area (Å²) in [5, 5.41) is 13.4. The third-order valence-electron chi connectivity index (χ3n) is 4.51. The van der Waals surface area contributed by atoms with Crippen LogP contribution in [0.25, 0.3) is 22.4 Å². The van der Waals surface area contributed by atoms with Gasteiger partial charge in [-0.05, 0) is 66.3 Å². The number of benzene rings is 2. The fraction of sp³-hybridized carbons (Fsp3) is 0.0455. The van der Waals surface area contributed by atoms with Crippen LogP contribution in [0, 0.1) is 0 Å². The molecule has 0 radical (unpaired) electrons. The van der Waals surface area contributed by atoms with Crippen molar-refractivity contribution in [2.75, 3.05) is 10.6 Å². The monoisotopic (exact) mass is 439 g/mol. The Hall–Kier alpha value is -3.72. The van der Waals surface area contributed by atoms with E-state index in [2.05, 4.69) is 25.8 Å². The zero-order chi connectivity index (χ0) is 21.8. The summed E-state index contributed by atoms with van der Waals surface area (Å²) in [6.45, 7) is 0. The Morgan fingerprint density at radius 2 is 1.58 bits per heavy atom. The first-order valence-electron chi connectivity index (χ1n) is 9.19. The van der Waals surface area contributed by atoms with Crippen LogP contribution in [0.4, 0.5) is 24.5 Å². The van der Waals surface area contributed by atoms with Crippen molar-refractivity contribution < 1.29 is 13.2 Å². The van der Waals surface area contributed by atoms with Crippen molar-refractivity contribution in [1.29, 1.82) is 0 Å². The summed E-state index contributed by atoms with van der Waals surface area (Å²) in [6, 6.07) is 16.0. The maximum Gasteiger partial charge on any atom is 0.416 e. The lowest BCUT2D eigenvalue weighted by molar-refractivity contribution is -0.137. The number of aromatic nitrogens is 3. The van der Waals surface area contributed by atoms with Gasteiger partial charge in [0.2, 0.25) is 0 Å². The third kappa shape index (κ3) is 4.89. The molecule has 0 spiro atoms. The fourth-order valence-electron chi connectivity index (χ4n) is 3.04. The molecule has 31 heavy (non-hydrogen) atoms. The van der Waals surface area contributed by atoms with Gasteiger partial charge in [0.15, 0.2) is 5.11 Å². The second-order valence-electron chi connectivity index (χ2n) is 6.63. The molecule has 0 bridgehead atoms. The Labute approximate surface area is 181 Å². The van der Waals surface area contributed by atoms with Gasteiger partial charge in [0, 0.05) is 34.9 Å². The quantitative estimate of drug-likeness (QED) is 0.342. The average Bonchev–Trinajstić information content (AvgIpc) is 3.24. The lowest BCUT2D eigenvalue weighted by Crippen LogP contribution is -2.19. The number of pyridine rings is 1. The molecule has 0 aliphatic rings. The number of hydrogen-bond acceptors (Lipinski definition) is 3. The highest BCUT2D eigenvalue weighted by Gasteiger charge is 2.29. The Kier molecular flexibility index (Phi) is 5.68. The van der Waals surface area contributed by atoms with E-state index in [0.29, 0.717) is 5.69 Å². The van der Waals surface area contributed by atoms with Crippen LogP contribution in [0.15, 0.2) is 79.3 Å². The van der Waals surface area contributed by atoms with Crippen molar-refractivity contribution in [3.8, 4) is 22.4 Å². The van der Waals surface area contributed by atoms with E-state index in [0.717, 1.165) is 40.2 Å². The molecule has 5 nitrogen and oxygen atoms in total. The number of nitrogens with one attached hydrogen (secondary N) is 3. The molecule has 0 aliphatic heterocycles. The van der Waals surface area contributed by atoms with E-state index < -0.39 is 11.7 Å². The van der Waals surface area contributed by atoms with Crippen molar-refractivity contribution in [2.24, 2.45) is 0 Å². The Bertz CT molecular complexity index is 1190. The number of nitrogens with zero attached hydrogens (tertiary/aromatic N) is 2. The van der Waals surface area contributed by atoms with Gasteiger partial charge in [-0.3, -0.25) is 10.1 Å². The van der Waals surface area contributed by atoms with Gasteiger partial charge in [-0.1, -0.05) is 12.1 Å². The van der Waals surface area contributed by atoms with Crippen LogP contribution in [0.2, 0.25) is 0 Å². The molecule has 3 N–H and O–H groups in total. The van der Waals surface area contributed by atoms with Gasteiger partial charge in [-0.2, -0.15) is 18.3 Å². The average molecular weight is 439 g/mol. The number of rotatable bonds is 4. The molecule has 9 heteroatoms. The van der Waals surface area contributed by atoms with Crippen LogP contribution < -0.4 is 10.6 Å². The summed E-state index contributed by atoms with van der Waals surface area (Å²) in [4.78, 5) is 4.04. The van der Waals surface area contributed by atoms with Crippen molar-refractivity contribution in [2.45, 2.75) is 6.18 Å². The minimum Gasteiger partial charge on any atom is -0.332 e. The first kappa shape index (κ1) is 20.5. The Balaban J connectivity index is 1.48. The molecule has 0 aliphatic carbocycles. The second-order valence-corrected chi connectivity index (χ2v) is 7.04. The summed E-state index contributed by atoms with van der Waals surface area (Å²) in [6.07, 6.45) is 0.811. The number of anilines is 2. The van der Waals surface area contributed by atoms with Crippen LogP contribution in [0.1, 0.15) is 5.56 Å². The molecule has 0 saturated heterocycles. The molecule has 0 amide bonds. The zero-order valence-electron chi connectivity index (χ0n) is 15.9. The highest BCUT2D eigenvalue weighted by molar-refractivity contribution is 7.80. The molecule has 0 unspecified atom stereocenters. The van der Waals surface area contributed by atoms with E-state index >= 15 is 0 Å². The van der Waals surface area contributed by atoms with Crippen LogP contribution in [-0.4, -0.2) is 20.3 Å². The molecule has 4 rings (SSSR count). The molecule has 2 aromatic heterocycles. The molecular formula is C22H16F3N5S. The first-order chi connectivity index (χ1) is 14.9. The molecular weight excluding hydrogens is 423 g/mol. The number of alkyl halides is 3. The van der Waals surface area contributed by atoms with Gasteiger partial charge < -0.3 is 10.6 Å². The molecule has 156 valence electrons. The Morgan fingerprint density at radius 1 is 0.871 bits per heavy atom. The molecule has 2 aromatic carbocycles. The summed E-state index contributed by atoms with van der Waals surface area (Å²) in [5.74, 6) is 0. The molecule has 2 heterocycles. The predicted octanol–water partition coefficient (Wildman–Crippen LogP) is 5.97. The minimum atomic E-state index is -4.38. The maximum atomic E-state index is 12.7. The van der Waals surface area contributed by atoms with Crippen molar-refractivity contribution >= 4 is 28.7 Å². The van der Waals surface area contributed by atoms with Gasteiger partial charge in [0.05, 0.1) is 17.5 Å². The molecule has 0 atom stereocenters. The van der Waals surface area contributed by atoms with Gasteiger partial charge in [-0.15, -0.1) is 0 Å². The Morgan fingerprint density at radius 3 is 2.29 bits per heavy atom. The number of halogens is 3. The van der Waals surface area contributed by atoms with Crippen molar-refractivity contribution in [3.63, 3.8) is 0 Å². The fourth-order valence-corrected chi connectivity index (χ4v) is 3.28. The van der Waals surface area contributed by atoms with Crippen LogP contribution >= 0.6 is 12.2 Å². The lowest BCUT2D eigenvalue weighted by Gasteiger charge is -2.13. The van der Waals surface area contributed by atoms with E-state index in [-0.39, 0.29) is 5.11 Å². The van der Waals surface area contributed by atoms with E-state index in [1.54, 1.807) is 18.6 Å². The van der Waals surface area contributed by atoms with E-state index in [1.165, 1.54) is 12.1 Å². The summed E-state index contributed by atoms with van der Waals surface area (Å²) < 4.78 is 38.1. The highest BCUT2D eigenvalue weighted by atomic mass is 32.1. The van der Waals surface area contributed by atoms with E-state index in [9.17, 15) is 13.2 Å². The predicted molar refractivity (Wildman–Crippen MR) is 119 cm³/mol. The number of hydrogen-bond donors (Lipinski definition) is 3. The van der Waals surface area contributed by atoms with Gasteiger partial charge >= 0.3 is 6.18 Å². The second kappa shape index (κ2) is 8.57. The minimum absolute atomic E-state index is 0.260. The zero-order valence-corrected chi connectivity index (χ0v) is 16.8. The van der Waals surface area contributed by atoms with Gasteiger partial charge in [-0.25, -0.2) is 0 Å². The van der Waals surface area contributed by atoms with Gasteiger partial charge in [0.1, 0.15) is 0 Å². The van der Waals surface area contributed by atoms with Gasteiger partial charge in [0.25, 0.3) is 0 Å². The normalized spacial score (nSPS) is 11.2. The smallest absolute Gasteiger partial charge is 0.332 e. The topological polar surface area (TPSA) is 65.6 Å². The van der Waals surface area contributed by atoms with Crippen LogP contribution in [0.5, 0.6) is 0 Å². The lowest BCUT2D eigenvalue weighted by atomic mass is 10.0. The van der Waals surface area contributed by atoms with E-state index in [1.807, 2.05) is 36.4 Å². The van der Waals surface area contributed by atoms with Crippen molar-refractivity contribution in [3.05, 3.63) is 84.8 Å². The molecule has 0 saturated carbocycles. The third-order valence-corrected chi connectivity index (χ3v) is 4.71. The van der Waals surface area contributed by atoms with Crippen LogP contribution in [0.3, 0.4) is 0 Å². The number of aromatic amines is 1. The maximum absolute atomic E-state index is 12.7. The summed E-state index contributed by atoms with van der Waals surface area (Å²) in [7, 11) is 0. The SMILES string of the molecule is FC(F)(F)c1ccc(NC(=S)Nc2cccc(-c3[nH]ncc3-c3ccncc3)c2)cc1. The largest absolute Gasteiger partial charge is 0.416 e. The van der Waals surface area contributed by atoms with E-state index in [4.69, 9.17) is 12.2 Å².